The summed E-state index contributed by atoms with van der Waals surface area (Å²) < 4.78 is 7.14. The fourth-order valence-electron chi connectivity index (χ4n) is 3.76. The number of ether oxygens (including phenoxy) is 1. The lowest BCUT2D eigenvalue weighted by atomic mass is 10.00. The van der Waals surface area contributed by atoms with E-state index in [0.717, 1.165) is 17.7 Å². The standard InChI is InChI=1S/C24H19N3O3/c28-23(26-21-13-14-30-22-8-4-2-5-18(21)22)16-9-11-17(12-10-16)27-15-25-20-7-3-1-6-19(20)24(27)29/h1-12,15,21H,13-14H2,(H,26,28). The first kappa shape index (κ1) is 18.1. The molecule has 1 N–H and O–H groups in total. The van der Waals surface area contributed by atoms with Crippen LogP contribution in [0.4, 0.5) is 0 Å². The van der Waals surface area contributed by atoms with Gasteiger partial charge in [0.05, 0.1) is 29.2 Å². The number of fused-ring (bicyclic) bond motifs is 2. The van der Waals surface area contributed by atoms with Crippen molar-refractivity contribution < 1.29 is 9.53 Å². The van der Waals surface area contributed by atoms with Crippen molar-refractivity contribution >= 4 is 16.8 Å². The average molecular weight is 397 g/mol. The van der Waals surface area contributed by atoms with Gasteiger partial charge in [-0.05, 0) is 42.5 Å². The van der Waals surface area contributed by atoms with Gasteiger partial charge in [0, 0.05) is 17.5 Å². The first-order valence-electron chi connectivity index (χ1n) is 9.80. The van der Waals surface area contributed by atoms with Crippen molar-refractivity contribution in [1.82, 2.24) is 14.9 Å². The molecule has 6 nitrogen and oxygen atoms in total. The Bertz CT molecular complexity index is 1300. The number of carbonyl (C=O) groups excluding carboxylic acids is 1. The minimum atomic E-state index is -0.160. The highest BCUT2D eigenvalue weighted by Crippen LogP contribution is 2.31. The molecule has 0 radical (unpaired) electrons. The number of rotatable bonds is 3. The molecule has 0 aliphatic carbocycles. The Morgan fingerprint density at radius 3 is 2.63 bits per heavy atom. The third-order valence-corrected chi connectivity index (χ3v) is 5.34. The fourth-order valence-corrected chi connectivity index (χ4v) is 3.76. The van der Waals surface area contributed by atoms with E-state index in [2.05, 4.69) is 10.3 Å². The van der Waals surface area contributed by atoms with Crippen molar-refractivity contribution in [2.24, 2.45) is 0 Å². The van der Waals surface area contributed by atoms with Crippen LogP contribution in [-0.4, -0.2) is 22.1 Å². The van der Waals surface area contributed by atoms with E-state index in [-0.39, 0.29) is 17.5 Å². The topological polar surface area (TPSA) is 73.2 Å². The van der Waals surface area contributed by atoms with Crippen LogP contribution in [0, 0.1) is 0 Å². The van der Waals surface area contributed by atoms with Crippen LogP contribution in [0.25, 0.3) is 16.6 Å². The summed E-state index contributed by atoms with van der Waals surface area (Å²) in [6, 6.07) is 21.8. The van der Waals surface area contributed by atoms with Crippen molar-refractivity contribution in [1.29, 1.82) is 0 Å². The predicted molar refractivity (Wildman–Crippen MR) is 114 cm³/mol. The second-order valence-electron chi connectivity index (χ2n) is 7.18. The maximum Gasteiger partial charge on any atom is 0.265 e. The fraction of sp³-hybridized carbons (Fsp3) is 0.125. The van der Waals surface area contributed by atoms with Crippen LogP contribution in [0.2, 0.25) is 0 Å². The molecule has 0 spiro atoms. The van der Waals surface area contributed by atoms with E-state index in [1.54, 1.807) is 30.3 Å². The maximum atomic E-state index is 12.8. The molecule has 1 atom stereocenters. The summed E-state index contributed by atoms with van der Waals surface area (Å²) in [6.45, 7) is 0.568. The van der Waals surface area contributed by atoms with Gasteiger partial charge in [0.25, 0.3) is 11.5 Å². The number of amides is 1. The summed E-state index contributed by atoms with van der Waals surface area (Å²) in [5.74, 6) is 0.653. The quantitative estimate of drug-likeness (QED) is 0.573. The Balaban J connectivity index is 1.39. The van der Waals surface area contributed by atoms with E-state index in [1.807, 2.05) is 42.5 Å². The molecule has 2 heterocycles. The lowest BCUT2D eigenvalue weighted by molar-refractivity contribution is 0.0925. The Labute approximate surface area is 172 Å². The zero-order valence-corrected chi connectivity index (χ0v) is 16.1. The number of carbonyl (C=O) groups is 1. The summed E-state index contributed by atoms with van der Waals surface area (Å²) >= 11 is 0. The smallest absolute Gasteiger partial charge is 0.265 e. The van der Waals surface area contributed by atoms with Crippen LogP contribution in [0.1, 0.15) is 28.4 Å². The van der Waals surface area contributed by atoms with E-state index >= 15 is 0 Å². The highest BCUT2D eigenvalue weighted by atomic mass is 16.5. The van der Waals surface area contributed by atoms with Gasteiger partial charge in [-0.2, -0.15) is 0 Å². The number of hydrogen-bond acceptors (Lipinski definition) is 4. The lowest BCUT2D eigenvalue weighted by Gasteiger charge is -2.26. The van der Waals surface area contributed by atoms with Crippen molar-refractivity contribution in [3.05, 3.63) is 101 Å². The maximum absolute atomic E-state index is 12.8. The van der Waals surface area contributed by atoms with E-state index in [4.69, 9.17) is 4.74 Å². The summed E-state index contributed by atoms with van der Waals surface area (Å²) in [4.78, 5) is 29.9. The van der Waals surface area contributed by atoms with Gasteiger partial charge in [-0.25, -0.2) is 4.98 Å². The molecule has 0 saturated heterocycles. The van der Waals surface area contributed by atoms with Crippen LogP contribution in [0.3, 0.4) is 0 Å². The molecule has 6 heteroatoms. The van der Waals surface area contributed by atoms with E-state index in [9.17, 15) is 9.59 Å². The molecule has 0 bridgehead atoms. The lowest BCUT2D eigenvalue weighted by Crippen LogP contribution is -2.32. The molecule has 3 aromatic carbocycles. The molecule has 1 aliphatic heterocycles. The number of benzene rings is 3. The molecule has 1 aliphatic rings. The summed E-state index contributed by atoms with van der Waals surface area (Å²) in [6.07, 6.45) is 2.23. The highest BCUT2D eigenvalue weighted by molar-refractivity contribution is 5.94. The minimum absolute atomic E-state index is 0.0885. The van der Waals surface area contributed by atoms with E-state index < -0.39 is 0 Å². The minimum Gasteiger partial charge on any atom is -0.493 e. The number of para-hydroxylation sites is 2. The van der Waals surface area contributed by atoms with E-state index in [1.165, 1.54) is 10.9 Å². The molecule has 148 valence electrons. The van der Waals surface area contributed by atoms with Crippen molar-refractivity contribution in [3.63, 3.8) is 0 Å². The van der Waals surface area contributed by atoms with Gasteiger partial charge < -0.3 is 10.1 Å². The van der Waals surface area contributed by atoms with E-state index in [0.29, 0.717) is 28.8 Å². The van der Waals surface area contributed by atoms with Gasteiger partial charge in [0.2, 0.25) is 0 Å². The van der Waals surface area contributed by atoms with Gasteiger partial charge in [-0.3, -0.25) is 14.2 Å². The van der Waals surface area contributed by atoms with Gasteiger partial charge in [0.1, 0.15) is 12.1 Å². The average Bonchev–Trinajstić information content (AvgIpc) is 2.80. The summed E-state index contributed by atoms with van der Waals surface area (Å²) in [5, 5.41) is 3.64. The van der Waals surface area contributed by atoms with Crippen molar-refractivity contribution in [2.75, 3.05) is 6.61 Å². The van der Waals surface area contributed by atoms with Crippen LogP contribution in [0.5, 0.6) is 5.75 Å². The zero-order chi connectivity index (χ0) is 20.5. The van der Waals surface area contributed by atoms with Gasteiger partial charge >= 0.3 is 0 Å². The first-order valence-corrected chi connectivity index (χ1v) is 9.80. The third kappa shape index (κ3) is 3.22. The molecule has 1 unspecified atom stereocenters. The third-order valence-electron chi connectivity index (χ3n) is 5.34. The number of nitrogens with zero attached hydrogens (tertiary/aromatic N) is 2. The molecule has 0 saturated carbocycles. The molecule has 1 aromatic heterocycles. The Morgan fingerprint density at radius 1 is 1.00 bits per heavy atom. The normalized spacial score (nSPS) is 15.3. The molecule has 30 heavy (non-hydrogen) atoms. The number of aromatic nitrogens is 2. The van der Waals surface area contributed by atoms with Gasteiger partial charge in [0.15, 0.2) is 0 Å². The van der Waals surface area contributed by atoms with Crippen LogP contribution < -0.4 is 15.6 Å². The molecular formula is C24H19N3O3. The molecule has 1 amide bonds. The Morgan fingerprint density at radius 2 is 1.77 bits per heavy atom. The number of hydrogen-bond donors (Lipinski definition) is 1. The van der Waals surface area contributed by atoms with Gasteiger partial charge in [-0.1, -0.05) is 30.3 Å². The Hall–Kier alpha value is -3.93. The van der Waals surface area contributed by atoms with Crippen LogP contribution in [-0.2, 0) is 0 Å². The van der Waals surface area contributed by atoms with Gasteiger partial charge in [-0.15, -0.1) is 0 Å². The highest BCUT2D eigenvalue weighted by Gasteiger charge is 2.23. The molecule has 5 rings (SSSR count). The second-order valence-corrected chi connectivity index (χ2v) is 7.18. The molecular weight excluding hydrogens is 378 g/mol. The monoisotopic (exact) mass is 397 g/mol. The Kier molecular flexibility index (Phi) is 4.52. The summed E-state index contributed by atoms with van der Waals surface area (Å²) in [5.41, 5.74) is 2.70. The molecule has 4 aromatic rings. The SMILES string of the molecule is O=C(NC1CCOc2ccccc21)c1ccc(-n2cnc3ccccc3c2=O)cc1. The number of nitrogens with one attached hydrogen (secondary N) is 1. The summed E-state index contributed by atoms with van der Waals surface area (Å²) in [7, 11) is 0. The van der Waals surface area contributed by atoms with Crippen molar-refractivity contribution in [2.45, 2.75) is 12.5 Å². The predicted octanol–water partition coefficient (Wildman–Crippen LogP) is 3.64. The van der Waals surface area contributed by atoms with Crippen LogP contribution in [0.15, 0.2) is 83.9 Å². The molecule has 0 fully saturated rings. The van der Waals surface area contributed by atoms with Crippen molar-refractivity contribution in [3.8, 4) is 11.4 Å². The van der Waals surface area contributed by atoms with Crippen LogP contribution >= 0.6 is 0 Å². The first-order chi connectivity index (χ1) is 14.7. The largest absolute Gasteiger partial charge is 0.493 e. The zero-order valence-electron chi connectivity index (χ0n) is 16.1. The second kappa shape index (κ2) is 7.48.